The summed E-state index contributed by atoms with van der Waals surface area (Å²) in [5.41, 5.74) is 0.464. The van der Waals surface area contributed by atoms with E-state index in [4.69, 9.17) is 9.26 Å². The van der Waals surface area contributed by atoms with E-state index in [2.05, 4.69) is 15.0 Å². The van der Waals surface area contributed by atoms with Gasteiger partial charge in [0.25, 0.3) is 17.6 Å². The maximum Gasteiger partial charge on any atom is 0.295 e. The van der Waals surface area contributed by atoms with Crippen molar-refractivity contribution in [3.05, 3.63) is 35.9 Å². The minimum atomic E-state index is -0.388. The summed E-state index contributed by atoms with van der Waals surface area (Å²) in [4.78, 5) is 21.0. The summed E-state index contributed by atoms with van der Waals surface area (Å²) in [6.45, 7) is 6.05. The number of ether oxygens (including phenoxy) is 1. The van der Waals surface area contributed by atoms with E-state index < -0.39 is 0 Å². The van der Waals surface area contributed by atoms with Crippen molar-refractivity contribution in [3.8, 4) is 11.5 Å². The molecule has 0 aliphatic carbocycles. The van der Waals surface area contributed by atoms with Gasteiger partial charge in [0.15, 0.2) is 0 Å². The average molecular weight is 374 g/mol. The van der Waals surface area contributed by atoms with Gasteiger partial charge in [-0.3, -0.25) is 9.69 Å². The van der Waals surface area contributed by atoms with Crippen molar-refractivity contribution in [2.75, 3.05) is 45.9 Å². The van der Waals surface area contributed by atoms with Crippen molar-refractivity contribution in [1.29, 1.82) is 0 Å². The third kappa shape index (κ3) is 4.33. The first-order valence-electron chi connectivity index (χ1n) is 9.38. The van der Waals surface area contributed by atoms with Crippen molar-refractivity contribution >= 4 is 5.91 Å². The highest BCUT2D eigenvalue weighted by Gasteiger charge is 2.28. The van der Waals surface area contributed by atoms with Crippen LogP contribution in [0.5, 0.6) is 0 Å². The van der Waals surface area contributed by atoms with Crippen LogP contribution in [0.2, 0.25) is 0 Å². The molecule has 2 saturated heterocycles. The SMILES string of the molecule is O=C(c1noc(-c2cccc(F)c2)n1)N1CCC(CN2CCOCC2)CC1. The van der Waals surface area contributed by atoms with Crippen molar-refractivity contribution in [2.45, 2.75) is 12.8 Å². The van der Waals surface area contributed by atoms with E-state index in [0.717, 1.165) is 45.7 Å². The van der Waals surface area contributed by atoms with Gasteiger partial charge in [0.1, 0.15) is 5.82 Å². The van der Waals surface area contributed by atoms with Gasteiger partial charge in [-0.1, -0.05) is 11.2 Å². The van der Waals surface area contributed by atoms with Gasteiger partial charge in [0.05, 0.1) is 13.2 Å². The lowest BCUT2D eigenvalue weighted by atomic mass is 9.96. The first-order valence-corrected chi connectivity index (χ1v) is 9.38. The number of carbonyl (C=O) groups excluding carboxylic acids is 1. The van der Waals surface area contributed by atoms with Crippen LogP contribution in [0.1, 0.15) is 23.5 Å². The fraction of sp³-hybridized carbons (Fsp3) is 0.526. The second-order valence-corrected chi connectivity index (χ2v) is 7.08. The lowest BCUT2D eigenvalue weighted by Crippen LogP contribution is -2.44. The standard InChI is InChI=1S/C19H23FN4O3/c20-16-3-1-2-15(12-16)18-21-17(22-27-18)19(25)24-6-4-14(5-7-24)13-23-8-10-26-11-9-23/h1-3,12,14H,4-11,13H2. The van der Waals surface area contributed by atoms with Crippen LogP contribution >= 0.6 is 0 Å². The first-order chi connectivity index (χ1) is 13.2. The van der Waals surface area contributed by atoms with Crippen LogP contribution in [0.4, 0.5) is 4.39 Å². The Hall–Kier alpha value is -2.32. The number of hydrogen-bond acceptors (Lipinski definition) is 6. The minimum Gasteiger partial charge on any atom is -0.379 e. The number of benzene rings is 1. The summed E-state index contributed by atoms with van der Waals surface area (Å²) in [6.07, 6.45) is 1.94. The van der Waals surface area contributed by atoms with Crippen molar-refractivity contribution in [1.82, 2.24) is 19.9 Å². The fourth-order valence-corrected chi connectivity index (χ4v) is 3.66. The van der Waals surface area contributed by atoms with Crippen LogP contribution < -0.4 is 0 Å². The van der Waals surface area contributed by atoms with Crippen LogP contribution in [0.15, 0.2) is 28.8 Å². The molecule has 0 saturated carbocycles. The Bertz CT molecular complexity index is 783. The van der Waals surface area contributed by atoms with Gasteiger partial charge in [-0.05, 0) is 37.0 Å². The number of rotatable bonds is 4. The molecule has 1 aromatic carbocycles. The number of likely N-dealkylation sites (tertiary alicyclic amines) is 1. The Morgan fingerprint density at radius 3 is 2.70 bits per heavy atom. The number of hydrogen-bond donors (Lipinski definition) is 0. The van der Waals surface area contributed by atoms with Crippen LogP contribution in [-0.2, 0) is 4.74 Å². The Kier molecular flexibility index (Phi) is 5.45. The highest BCUT2D eigenvalue weighted by Crippen LogP contribution is 2.22. The van der Waals surface area contributed by atoms with Gasteiger partial charge < -0.3 is 14.2 Å². The predicted octanol–water partition coefficient (Wildman–Crippen LogP) is 2.06. The third-order valence-electron chi connectivity index (χ3n) is 5.21. The largest absolute Gasteiger partial charge is 0.379 e. The van der Waals surface area contributed by atoms with Gasteiger partial charge in [0, 0.05) is 38.3 Å². The summed E-state index contributed by atoms with van der Waals surface area (Å²) in [5.74, 6) is 0.161. The molecule has 0 atom stereocenters. The van der Waals surface area contributed by atoms with Crippen molar-refractivity contribution in [3.63, 3.8) is 0 Å². The second-order valence-electron chi connectivity index (χ2n) is 7.08. The molecule has 0 unspecified atom stereocenters. The topological polar surface area (TPSA) is 71.7 Å². The maximum absolute atomic E-state index is 13.3. The zero-order valence-electron chi connectivity index (χ0n) is 15.1. The van der Waals surface area contributed by atoms with Crippen LogP contribution in [0.25, 0.3) is 11.5 Å². The molecule has 4 rings (SSSR count). The molecule has 1 aromatic heterocycles. The first kappa shape index (κ1) is 18.1. The molecule has 2 aromatic rings. The highest BCUT2D eigenvalue weighted by atomic mass is 19.1. The molecule has 0 bridgehead atoms. The number of morpholine rings is 1. The molecule has 2 fully saturated rings. The molecule has 8 heteroatoms. The molecule has 3 heterocycles. The average Bonchev–Trinajstić information content (AvgIpc) is 3.19. The Morgan fingerprint density at radius 1 is 1.19 bits per heavy atom. The molecule has 2 aliphatic rings. The zero-order valence-corrected chi connectivity index (χ0v) is 15.1. The van der Waals surface area contributed by atoms with Gasteiger partial charge in [-0.25, -0.2) is 4.39 Å². The summed E-state index contributed by atoms with van der Waals surface area (Å²) < 4.78 is 23.9. The Balaban J connectivity index is 1.33. The molecule has 0 N–H and O–H groups in total. The van der Waals surface area contributed by atoms with E-state index in [0.29, 0.717) is 24.6 Å². The van der Waals surface area contributed by atoms with E-state index in [1.54, 1.807) is 17.0 Å². The molecule has 7 nitrogen and oxygen atoms in total. The molecule has 144 valence electrons. The van der Waals surface area contributed by atoms with Crippen molar-refractivity contribution in [2.24, 2.45) is 5.92 Å². The van der Waals surface area contributed by atoms with Crippen LogP contribution in [0.3, 0.4) is 0 Å². The normalized spacial score (nSPS) is 19.4. The number of nitrogens with zero attached hydrogens (tertiary/aromatic N) is 4. The van der Waals surface area contributed by atoms with E-state index in [1.807, 2.05) is 0 Å². The molecule has 0 spiro atoms. The maximum atomic E-state index is 13.3. The number of piperidine rings is 1. The van der Waals surface area contributed by atoms with E-state index >= 15 is 0 Å². The highest BCUT2D eigenvalue weighted by molar-refractivity contribution is 5.90. The van der Waals surface area contributed by atoms with Crippen molar-refractivity contribution < 1.29 is 18.4 Å². The van der Waals surface area contributed by atoms with Gasteiger partial charge in [0.2, 0.25) is 0 Å². The zero-order chi connectivity index (χ0) is 18.6. The molecular formula is C19H23FN4O3. The van der Waals surface area contributed by atoms with Crippen LogP contribution in [0, 0.1) is 11.7 Å². The second kappa shape index (κ2) is 8.14. The molecule has 0 radical (unpaired) electrons. The summed E-state index contributed by atoms with van der Waals surface area (Å²) >= 11 is 0. The number of carbonyl (C=O) groups is 1. The van der Waals surface area contributed by atoms with E-state index in [1.165, 1.54) is 12.1 Å². The molecular weight excluding hydrogens is 351 g/mol. The molecule has 27 heavy (non-hydrogen) atoms. The lowest BCUT2D eigenvalue weighted by Gasteiger charge is -2.35. The quantitative estimate of drug-likeness (QED) is 0.816. The fourth-order valence-electron chi connectivity index (χ4n) is 3.66. The summed E-state index contributed by atoms with van der Waals surface area (Å²) in [5, 5.41) is 3.79. The third-order valence-corrected chi connectivity index (χ3v) is 5.21. The Morgan fingerprint density at radius 2 is 1.96 bits per heavy atom. The molecule has 1 amide bonds. The van der Waals surface area contributed by atoms with E-state index in [9.17, 15) is 9.18 Å². The van der Waals surface area contributed by atoms with Gasteiger partial charge >= 0.3 is 0 Å². The molecule has 2 aliphatic heterocycles. The van der Waals surface area contributed by atoms with E-state index in [-0.39, 0.29) is 23.4 Å². The van der Waals surface area contributed by atoms with Gasteiger partial charge in [-0.15, -0.1) is 0 Å². The smallest absolute Gasteiger partial charge is 0.295 e. The number of halogens is 1. The Labute approximate surface area is 157 Å². The lowest BCUT2D eigenvalue weighted by molar-refractivity contribution is 0.0241. The predicted molar refractivity (Wildman–Crippen MR) is 95.6 cm³/mol. The number of aromatic nitrogens is 2. The summed E-state index contributed by atoms with van der Waals surface area (Å²) in [6, 6.07) is 5.88. The minimum absolute atomic E-state index is 0.0286. The summed E-state index contributed by atoms with van der Waals surface area (Å²) in [7, 11) is 0. The monoisotopic (exact) mass is 374 g/mol. The number of amides is 1. The van der Waals surface area contributed by atoms with Gasteiger partial charge in [-0.2, -0.15) is 4.98 Å². The van der Waals surface area contributed by atoms with Crippen LogP contribution in [-0.4, -0.2) is 71.8 Å².